The van der Waals surface area contributed by atoms with Crippen LogP contribution in [0, 0.1) is 6.92 Å². The highest BCUT2D eigenvalue weighted by Gasteiger charge is 2.32. The van der Waals surface area contributed by atoms with Gasteiger partial charge in [-0.25, -0.2) is 0 Å². The molecule has 1 atom stereocenters. The van der Waals surface area contributed by atoms with Crippen LogP contribution in [0.3, 0.4) is 0 Å². The number of hydrogen-bond donors (Lipinski definition) is 0. The van der Waals surface area contributed by atoms with E-state index in [1.54, 1.807) is 0 Å². The summed E-state index contributed by atoms with van der Waals surface area (Å²) in [5.41, 5.74) is 2.32. The van der Waals surface area contributed by atoms with Gasteiger partial charge in [0.2, 0.25) is 0 Å². The number of nitrogens with zero attached hydrogens (tertiary/aromatic N) is 1. The second-order valence-electron chi connectivity index (χ2n) is 5.56. The minimum atomic E-state index is -0.585. The number of carbonyl (C=O) groups excluding carboxylic acids is 2. The topological polar surface area (TPSA) is 46.6 Å². The summed E-state index contributed by atoms with van der Waals surface area (Å²) in [7, 11) is 0. The molecule has 0 spiro atoms. The molecule has 1 aromatic rings. The van der Waals surface area contributed by atoms with Gasteiger partial charge in [-0.3, -0.25) is 9.59 Å². The summed E-state index contributed by atoms with van der Waals surface area (Å²) in [6, 6.07) is 8.08. The molecule has 1 saturated heterocycles. The summed E-state index contributed by atoms with van der Waals surface area (Å²) >= 11 is 0. The lowest BCUT2D eigenvalue weighted by molar-refractivity contribution is -0.153. The van der Waals surface area contributed by atoms with E-state index in [1.165, 1.54) is 5.56 Å². The maximum absolute atomic E-state index is 12.6. The van der Waals surface area contributed by atoms with Crippen molar-refractivity contribution in [2.45, 2.75) is 52.2 Å². The highest BCUT2D eigenvalue weighted by molar-refractivity contribution is 5.86. The second kappa shape index (κ2) is 7.25. The predicted molar refractivity (Wildman–Crippen MR) is 80.6 cm³/mol. The third-order valence-corrected chi connectivity index (χ3v) is 3.88. The largest absolute Gasteiger partial charge is 0.452 e. The number of aryl methyl sites for hydroxylation is 1. The highest BCUT2D eigenvalue weighted by Crippen LogP contribution is 2.19. The summed E-state index contributed by atoms with van der Waals surface area (Å²) in [4.78, 5) is 25.6. The van der Waals surface area contributed by atoms with Crippen molar-refractivity contribution >= 4 is 11.9 Å². The van der Waals surface area contributed by atoms with Crippen LogP contribution in [0.5, 0.6) is 0 Å². The number of unbranched alkanes of at least 4 members (excludes halogenated alkanes) is 1. The molecule has 1 aromatic carbocycles. The van der Waals surface area contributed by atoms with Gasteiger partial charge in [0, 0.05) is 25.9 Å². The molecule has 0 aliphatic carbocycles. The third-order valence-electron chi connectivity index (χ3n) is 3.88. The van der Waals surface area contributed by atoms with E-state index in [4.69, 9.17) is 4.74 Å². The van der Waals surface area contributed by atoms with Gasteiger partial charge in [0.15, 0.2) is 6.10 Å². The molecule has 1 amide bonds. The summed E-state index contributed by atoms with van der Waals surface area (Å²) in [6.07, 6.45) is 2.26. The van der Waals surface area contributed by atoms with Crippen LogP contribution in [-0.2, 0) is 20.9 Å². The molecule has 1 fully saturated rings. The van der Waals surface area contributed by atoms with Crippen molar-refractivity contribution in [1.82, 2.24) is 4.90 Å². The average Bonchev–Trinajstić information content (AvgIpc) is 2.91. The molecule has 2 rings (SSSR count). The second-order valence-corrected chi connectivity index (χ2v) is 5.56. The van der Waals surface area contributed by atoms with Crippen molar-refractivity contribution in [3.05, 3.63) is 35.4 Å². The van der Waals surface area contributed by atoms with Crippen molar-refractivity contribution in [1.29, 1.82) is 0 Å². The van der Waals surface area contributed by atoms with Crippen molar-refractivity contribution in [3.8, 4) is 0 Å². The Morgan fingerprint density at radius 3 is 2.76 bits per heavy atom. The number of rotatable bonds is 6. The van der Waals surface area contributed by atoms with Crippen molar-refractivity contribution in [2.24, 2.45) is 0 Å². The molecule has 114 valence electrons. The van der Waals surface area contributed by atoms with Crippen LogP contribution in [-0.4, -0.2) is 29.4 Å². The Morgan fingerprint density at radius 2 is 2.14 bits per heavy atom. The summed E-state index contributed by atoms with van der Waals surface area (Å²) in [5, 5.41) is 0. The summed E-state index contributed by atoms with van der Waals surface area (Å²) < 4.78 is 5.12. The zero-order valence-electron chi connectivity index (χ0n) is 12.8. The Kier molecular flexibility index (Phi) is 5.37. The predicted octanol–water partition coefficient (Wildman–Crippen LogP) is 2.83. The van der Waals surface area contributed by atoms with Crippen LogP contribution >= 0.6 is 0 Å². The van der Waals surface area contributed by atoms with Crippen LogP contribution in [0.1, 0.15) is 43.7 Å². The minimum Gasteiger partial charge on any atom is -0.452 e. The smallest absolute Gasteiger partial charge is 0.306 e. The van der Waals surface area contributed by atoms with Gasteiger partial charge in [0.1, 0.15) is 0 Å². The van der Waals surface area contributed by atoms with Gasteiger partial charge in [-0.2, -0.15) is 0 Å². The van der Waals surface area contributed by atoms with Crippen LogP contribution in [0.2, 0.25) is 0 Å². The Morgan fingerprint density at radius 1 is 1.38 bits per heavy atom. The minimum absolute atomic E-state index is 0.0578. The normalized spacial score (nSPS) is 17.6. The molecule has 4 heteroatoms. The first kappa shape index (κ1) is 15.5. The van der Waals surface area contributed by atoms with E-state index < -0.39 is 6.10 Å². The fraction of sp³-hybridized carbons (Fsp3) is 0.529. The van der Waals surface area contributed by atoms with Crippen molar-refractivity contribution in [2.75, 3.05) is 6.54 Å². The van der Waals surface area contributed by atoms with E-state index in [0.717, 1.165) is 18.4 Å². The zero-order valence-corrected chi connectivity index (χ0v) is 12.8. The van der Waals surface area contributed by atoms with E-state index in [1.807, 2.05) is 36.1 Å². The Bertz CT molecular complexity index is 513. The molecule has 1 aliphatic heterocycles. The molecule has 0 N–H and O–H groups in total. The fourth-order valence-electron chi connectivity index (χ4n) is 2.51. The lowest BCUT2D eigenvalue weighted by atomic mass is 10.1. The molecule has 1 heterocycles. The van der Waals surface area contributed by atoms with E-state index >= 15 is 0 Å². The summed E-state index contributed by atoms with van der Waals surface area (Å²) in [5.74, 6) is -0.322. The Hall–Kier alpha value is -1.84. The number of cyclic esters (lactones) is 1. The summed E-state index contributed by atoms with van der Waals surface area (Å²) in [6.45, 7) is 5.44. The number of benzene rings is 1. The lowest BCUT2D eigenvalue weighted by Crippen LogP contribution is -2.39. The SMILES string of the molecule is CCCCN(Cc1ccccc1C)C(=O)[C@H]1CCC(=O)O1. The Labute approximate surface area is 126 Å². The van der Waals surface area contributed by atoms with E-state index in [0.29, 0.717) is 25.9 Å². The zero-order chi connectivity index (χ0) is 15.2. The maximum Gasteiger partial charge on any atom is 0.306 e. The lowest BCUT2D eigenvalue weighted by Gasteiger charge is -2.25. The molecule has 0 bridgehead atoms. The van der Waals surface area contributed by atoms with E-state index in [2.05, 4.69) is 6.92 Å². The van der Waals surface area contributed by atoms with Crippen LogP contribution in [0.4, 0.5) is 0 Å². The van der Waals surface area contributed by atoms with Crippen LogP contribution < -0.4 is 0 Å². The first-order valence-corrected chi connectivity index (χ1v) is 7.64. The average molecular weight is 289 g/mol. The number of carbonyl (C=O) groups is 2. The van der Waals surface area contributed by atoms with Crippen LogP contribution in [0.15, 0.2) is 24.3 Å². The van der Waals surface area contributed by atoms with Gasteiger partial charge >= 0.3 is 5.97 Å². The van der Waals surface area contributed by atoms with E-state index in [-0.39, 0.29) is 11.9 Å². The number of hydrogen-bond acceptors (Lipinski definition) is 3. The first-order valence-electron chi connectivity index (χ1n) is 7.64. The van der Waals surface area contributed by atoms with Gasteiger partial charge < -0.3 is 9.64 Å². The number of ether oxygens (including phenoxy) is 1. The van der Waals surface area contributed by atoms with Crippen molar-refractivity contribution < 1.29 is 14.3 Å². The van der Waals surface area contributed by atoms with Crippen molar-refractivity contribution in [3.63, 3.8) is 0 Å². The highest BCUT2D eigenvalue weighted by atomic mass is 16.6. The molecular weight excluding hydrogens is 266 g/mol. The first-order chi connectivity index (χ1) is 10.1. The molecule has 0 aromatic heterocycles. The van der Waals surface area contributed by atoms with Gasteiger partial charge in [0.05, 0.1) is 0 Å². The molecule has 21 heavy (non-hydrogen) atoms. The van der Waals surface area contributed by atoms with Gasteiger partial charge in [-0.15, -0.1) is 0 Å². The van der Waals surface area contributed by atoms with Crippen LogP contribution in [0.25, 0.3) is 0 Å². The Balaban J connectivity index is 2.08. The third kappa shape index (κ3) is 4.06. The quantitative estimate of drug-likeness (QED) is 0.757. The van der Waals surface area contributed by atoms with Gasteiger partial charge in [0.25, 0.3) is 5.91 Å². The molecule has 1 aliphatic rings. The molecule has 4 nitrogen and oxygen atoms in total. The fourth-order valence-corrected chi connectivity index (χ4v) is 2.51. The molecule has 0 radical (unpaired) electrons. The molecule has 0 saturated carbocycles. The maximum atomic E-state index is 12.6. The van der Waals surface area contributed by atoms with Gasteiger partial charge in [-0.05, 0) is 24.5 Å². The number of amides is 1. The standard InChI is InChI=1S/C17H23NO3/c1-3-4-11-18(12-14-8-6-5-7-13(14)2)17(20)15-9-10-16(19)21-15/h5-8,15H,3-4,9-12H2,1-2H3/t15-/m1/s1. The van der Waals surface area contributed by atoms with Gasteiger partial charge in [-0.1, -0.05) is 37.6 Å². The number of esters is 1. The monoisotopic (exact) mass is 289 g/mol. The van der Waals surface area contributed by atoms with E-state index in [9.17, 15) is 9.59 Å². The molecule has 0 unspecified atom stereocenters. The molecular formula is C17H23NO3.